The monoisotopic (exact) mass is 336 g/mol. The summed E-state index contributed by atoms with van der Waals surface area (Å²) in [6.45, 7) is 1.44. The second-order valence-corrected chi connectivity index (χ2v) is 7.59. The third-order valence-electron chi connectivity index (χ3n) is 5.07. The summed E-state index contributed by atoms with van der Waals surface area (Å²) in [6, 6.07) is 0.563. The molecule has 24 heavy (non-hydrogen) atoms. The van der Waals surface area contributed by atoms with Gasteiger partial charge in [0.15, 0.2) is 5.69 Å². The standard InChI is InChI=1S/C16H28N6O2/c1-20(2)10-16(24)7-8-21(11-16)15(23)14-9-22(19-18-14)13-5-3-12(17)4-6-13/h9,12-13,24H,3-8,10-11,17H2,1-2H3. The third-order valence-corrected chi connectivity index (χ3v) is 5.07. The number of aromatic nitrogens is 3. The number of likely N-dealkylation sites (tertiary alicyclic amines) is 1. The molecule has 1 atom stereocenters. The molecule has 1 aromatic rings. The molecule has 1 saturated carbocycles. The van der Waals surface area contributed by atoms with Crippen molar-refractivity contribution in [3.05, 3.63) is 11.9 Å². The minimum absolute atomic E-state index is 0.150. The number of amides is 1. The summed E-state index contributed by atoms with van der Waals surface area (Å²) in [4.78, 5) is 16.3. The first kappa shape index (κ1) is 17.3. The smallest absolute Gasteiger partial charge is 0.276 e. The maximum Gasteiger partial charge on any atom is 0.276 e. The van der Waals surface area contributed by atoms with E-state index in [2.05, 4.69) is 10.3 Å². The van der Waals surface area contributed by atoms with Crippen LogP contribution in [0.2, 0.25) is 0 Å². The Kier molecular flexibility index (Phi) is 4.89. The zero-order chi connectivity index (χ0) is 17.3. The Morgan fingerprint density at radius 3 is 2.79 bits per heavy atom. The van der Waals surface area contributed by atoms with Gasteiger partial charge in [-0.2, -0.15) is 0 Å². The van der Waals surface area contributed by atoms with Crippen molar-refractivity contribution in [2.45, 2.75) is 49.8 Å². The van der Waals surface area contributed by atoms with E-state index in [0.717, 1.165) is 25.7 Å². The van der Waals surface area contributed by atoms with E-state index in [4.69, 9.17) is 5.73 Å². The van der Waals surface area contributed by atoms with E-state index in [-0.39, 0.29) is 18.0 Å². The van der Waals surface area contributed by atoms with Crippen molar-refractivity contribution in [3.63, 3.8) is 0 Å². The molecular formula is C16H28N6O2. The molecule has 134 valence electrons. The molecule has 0 radical (unpaired) electrons. The molecule has 1 unspecified atom stereocenters. The van der Waals surface area contributed by atoms with Crippen molar-refractivity contribution < 1.29 is 9.90 Å². The van der Waals surface area contributed by atoms with Crippen molar-refractivity contribution >= 4 is 5.91 Å². The van der Waals surface area contributed by atoms with Crippen LogP contribution in [0.5, 0.6) is 0 Å². The van der Waals surface area contributed by atoms with Crippen molar-refractivity contribution in [2.75, 3.05) is 33.7 Å². The van der Waals surface area contributed by atoms with Crippen LogP contribution in [0.15, 0.2) is 6.20 Å². The summed E-state index contributed by atoms with van der Waals surface area (Å²) >= 11 is 0. The summed E-state index contributed by atoms with van der Waals surface area (Å²) < 4.78 is 1.81. The van der Waals surface area contributed by atoms with Gasteiger partial charge in [0.2, 0.25) is 0 Å². The molecule has 2 heterocycles. The predicted octanol–water partition coefficient (Wildman–Crippen LogP) is -0.141. The molecule has 2 aliphatic rings. The van der Waals surface area contributed by atoms with E-state index in [1.807, 2.05) is 19.0 Å². The minimum Gasteiger partial charge on any atom is -0.387 e. The lowest BCUT2D eigenvalue weighted by Crippen LogP contribution is -2.43. The van der Waals surface area contributed by atoms with E-state index >= 15 is 0 Å². The van der Waals surface area contributed by atoms with E-state index < -0.39 is 5.60 Å². The highest BCUT2D eigenvalue weighted by Crippen LogP contribution is 2.27. The van der Waals surface area contributed by atoms with Gasteiger partial charge < -0.3 is 20.6 Å². The number of carbonyl (C=O) groups excluding carboxylic acids is 1. The van der Waals surface area contributed by atoms with Gasteiger partial charge in [-0.1, -0.05) is 5.21 Å². The van der Waals surface area contributed by atoms with Gasteiger partial charge in [0.25, 0.3) is 5.91 Å². The number of rotatable bonds is 4. The van der Waals surface area contributed by atoms with Crippen LogP contribution in [-0.4, -0.2) is 81.2 Å². The minimum atomic E-state index is -0.839. The van der Waals surface area contributed by atoms with Gasteiger partial charge in [0.05, 0.1) is 24.4 Å². The number of aliphatic hydroxyl groups is 1. The Labute approximate surface area is 142 Å². The van der Waals surface area contributed by atoms with Crippen LogP contribution in [0.1, 0.15) is 48.6 Å². The molecule has 0 aromatic carbocycles. The molecule has 2 fully saturated rings. The van der Waals surface area contributed by atoms with Crippen molar-refractivity contribution in [3.8, 4) is 0 Å². The van der Waals surface area contributed by atoms with Crippen molar-refractivity contribution in [2.24, 2.45) is 5.73 Å². The molecular weight excluding hydrogens is 308 g/mol. The van der Waals surface area contributed by atoms with Crippen LogP contribution in [0.25, 0.3) is 0 Å². The summed E-state index contributed by atoms with van der Waals surface area (Å²) in [7, 11) is 3.84. The van der Waals surface area contributed by atoms with Crippen molar-refractivity contribution in [1.29, 1.82) is 0 Å². The van der Waals surface area contributed by atoms with Crippen molar-refractivity contribution in [1.82, 2.24) is 24.8 Å². The Morgan fingerprint density at radius 2 is 2.12 bits per heavy atom. The highest BCUT2D eigenvalue weighted by molar-refractivity contribution is 5.92. The fourth-order valence-corrected chi connectivity index (χ4v) is 3.83. The molecule has 0 bridgehead atoms. The molecule has 1 aromatic heterocycles. The maximum absolute atomic E-state index is 12.6. The van der Waals surface area contributed by atoms with Gasteiger partial charge in [-0.05, 0) is 46.2 Å². The number of β-amino-alcohol motifs (C(OH)–C–C–N with tert-alkyl or cyclic N) is 1. The van der Waals surface area contributed by atoms with E-state index in [0.29, 0.717) is 31.7 Å². The zero-order valence-electron chi connectivity index (χ0n) is 14.6. The van der Waals surface area contributed by atoms with Crippen LogP contribution >= 0.6 is 0 Å². The van der Waals surface area contributed by atoms with E-state index in [1.165, 1.54) is 0 Å². The topological polar surface area (TPSA) is 101 Å². The SMILES string of the molecule is CN(C)CC1(O)CCN(C(=O)c2cn(C3CCC(N)CC3)nn2)C1. The second kappa shape index (κ2) is 6.78. The Morgan fingerprint density at radius 1 is 1.42 bits per heavy atom. The molecule has 1 aliphatic heterocycles. The maximum atomic E-state index is 12.6. The fraction of sp³-hybridized carbons (Fsp3) is 0.812. The molecule has 1 aliphatic carbocycles. The quantitative estimate of drug-likeness (QED) is 0.794. The number of carbonyl (C=O) groups is 1. The number of nitrogens with zero attached hydrogens (tertiary/aromatic N) is 5. The summed E-state index contributed by atoms with van der Waals surface area (Å²) in [5.74, 6) is -0.150. The summed E-state index contributed by atoms with van der Waals surface area (Å²) in [5.41, 5.74) is 5.46. The van der Waals surface area contributed by atoms with E-state index in [1.54, 1.807) is 15.8 Å². The lowest BCUT2D eigenvalue weighted by molar-refractivity contribution is 0.0235. The summed E-state index contributed by atoms with van der Waals surface area (Å²) in [5, 5.41) is 18.8. The van der Waals surface area contributed by atoms with Gasteiger partial charge in [0, 0.05) is 19.1 Å². The van der Waals surface area contributed by atoms with Crippen LogP contribution in [0.4, 0.5) is 0 Å². The average molecular weight is 336 g/mol. The molecule has 8 heteroatoms. The largest absolute Gasteiger partial charge is 0.387 e. The Balaban J connectivity index is 1.62. The first-order valence-electron chi connectivity index (χ1n) is 8.70. The van der Waals surface area contributed by atoms with Crippen LogP contribution < -0.4 is 5.73 Å². The highest BCUT2D eigenvalue weighted by atomic mass is 16.3. The first-order valence-corrected chi connectivity index (χ1v) is 8.70. The number of likely N-dealkylation sites (N-methyl/N-ethyl adjacent to an activating group) is 1. The number of hydrogen-bond donors (Lipinski definition) is 2. The normalized spacial score (nSPS) is 31.0. The highest BCUT2D eigenvalue weighted by Gasteiger charge is 2.39. The van der Waals surface area contributed by atoms with Gasteiger partial charge in [0.1, 0.15) is 0 Å². The van der Waals surface area contributed by atoms with Gasteiger partial charge in [-0.3, -0.25) is 4.79 Å². The molecule has 1 amide bonds. The zero-order valence-corrected chi connectivity index (χ0v) is 14.6. The van der Waals surface area contributed by atoms with E-state index in [9.17, 15) is 9.90 Å². The number of nitrogens with two attached hydrogens (primary N) is 1. The van der Waals surface area contributed by atoms with Gasteiger partial charge >= 0.3 is 0 Å². The number of hydrogen-bond acceptors (Lipinski definition) is 6. The lowest BCUT2D eigenvalue weighted by Gasteiger charge is -2.26. The fourth-order valence-electron chi connectivity index (χ4n) is 3.83. The van der Waals surface area contributed by atoms with Crippen LogP contribution in [0.3, 0.4) is 0 Å². The molecule has 3 rings (SSSR count). The molecule has 1 saturated heterocycles. The van der Waals surface area contributed by atoms with Crippen LogP contribution in [-0.2, 0) is 0 Å². The van der Waals surface area contributed by atoms with Gasteiger partial charge in [-0.25, -0.2) is 4.68 Å². The Bertz CT molecular complexity index is 581. The summed E-state index contributed by atoms with van der Waals surface area (Å²) in [6.07, 6.45) is 6.25. The van der Waals surface area contributed by atoms with Crippen LogP contribution in [0, 0.1) is 0 Å². The molecule has 8 nitrogen and oxygen atoms in total. The third kappa shape index (κ3) is 3.76. The molecule has 3 N–H and O–H groups in total. The lowest BCUT2D eigenvalue weighted by atomic mass is 9.92. The first-order chi connectivity index (χ1) is 11.4. The predicted molar refractivity (Wildman–Crippen MR) is 89.5 cm³/mol. The Hall–Kier alpha value is -1.51. The van der Waals surface area contributed by atoms with Gasteiger partial charge in [-0.15, -0.1) is 5.10 Å². The average Bonchev–Trinajstić information content (AvgIpc) is 3.14. The molecule has 0 spiro atoms. The second-order valence-electron chi connectivity index (χ2n) is 7.59.